The van der Waals surface area contributed by atoms with Crippen molar-refractivity contribution in [3.8, 4) is 11.3 Å². The van der Waals surface area contributed by atoms with Crippen LogP contribution >= 0.6 is 0 Å². The molecule has 1 saturated heterocycles. The molecule has 2 aromatic heterocycles. The largest absolute Gasteiger partial charge is 0.350 e. The highest BCUT2D eigenvalue weighted by Gasteiger charge is 2.19. The summed E-state index contributed by atoms with van der Waals surface area (Å²) in [6.45, 7) is 9.20. The molecule has 7 nitrogen and oxygen atoms in total. The van der Waals surface area contributed by atoms with Crippen LogP contribution in [0.4, 0.5) is 5.69 Å². The molecule has 1 unspecified atom stereocenters. The van der Waals surface area contributed by atoms with Gasteiger partial charge in [-0.05, 0) is 57.9 Å². The molecule has 0 spiro atoms. The number of carbonyl (C=O) groups is 1. The molecule has 1 aromatic carbocycles. The number of nitrogens with one attached hydrogen (secondary N) is 1. The van der Waals surface area contributed by atoms with E-state index in [4.69, 9.17) is 4.52 Å². The van der Waals surface area contributed by atoms with Gasteiger partial charge in [-0.1, -0.05) is 23.7 Å². The van der Waals surface area contributed by atoms with E-state index in [1.165, 1.54) is 24.8 Å². The van der Waals surface area contributed by atoms with Crippen LogP contribution in [-0.4, -0.2) is 38.3 Å². The summed E-state index contributed by atoms with van der Waals surface area (Å²) in [4.78, 5) is 15.1. The van der Waals surface area contributed by atoms with Crippen molar-refractivity contribution >= 4 is 11.6 Å². The summed E-state index contributed by atoms with van der Waals surface area (Å²) in [5.41, 5.74) is 4.48. The van der Waals surface area contributed by atoms with Gasteiger partial charge in [-0.25, -0.2) is 0 Å². The minimum Gasteiger partial charge on any atom is -0.350 e. The number of rotatable bonds is 6. The van der Waals surface area contributed by atoms with Gasteiger partial charge in [0, 0.05) is 42.1 Å². The fourth-order valence-electron chi connectivity index (χ4n) is 4.04. The van der Waals surface area contributed by atoms with Crippen molar-refractivity contribution in [1.29, 1.82) is 0 Å². The molecule has 1 fully saturated rings. The number of amides is 1. The van der Waals surface area contributed by atoms with Crippen LogP contribution in [0.2, 0.25) is 0 Å². The standard InChI is InChI=1S/C23H29N5O2/c1-4-28-17(3)20(14-24-28)21-13-22(30-26-21)23(29)25-19-10-8-18(9-11-19)15-27-12-6-5-7-16(27)2/h8-11,13-14,16H,4-7,12,15H2,1-3H3,(H,25,29). The maximum Gasteiger partial charge on any atom is 0.294 e. The zero-order valence-corrected chi connectivity index (χ0v) is 17.9. The second kappa shape index (κ2) is 8.83. The number of nitrogens with zero attached hydrogens (tertiary/aromatic N) is 4. The van der Waals surface area contributed by atoms with Crippen LogP contribution in [-0.2, 0) is 13.1 Å². The summed E-state index contributed by atoms with van der Waals surface area (Å²) >= 11 is 0. The Morgan fingerprint density at radius 3 is 2.77 bits per heavy atom. The van der Waals surface area contributed by atoms with Gasteiger partial charge >= 0.3 is 0 Å². The number of hydrogen-bond donors (Lipinski definition) is 1. The molecule has 0 saturated carbocycles. The van der Waals surface area contributed by atoms with Gasteiger partial charge in [-0.3, -0.25) is 14.4 Å². The maximum absolute atomic E-state index is 12.6. The van der Waals surface area contributed by atoms with E-state index in [0.29, 0.717) is 11.7 Å². The Morgan fingerprint density at radius 2 is 2.07 bits per heavy atom. The van der Waals surface area contributed by atoms with E-state index >= 15 is 0 Å². The highest BCUT2D eigenvalue weighted by atomic mass is 16.5. The second-order valence-corrected chi connectivity index (χ2v) is 8.00. The molecule has 0 aliphatic carbocycles. The monoisotopic (exact) mass is 407 g/mol. The third kappa shape index (κ3) is 4.31. The molecule has 1 atom stereocenters. The lowest BCUT2D eigenvalue weighted by molar-refractivity contribution is 0.0988. The Labute approximate surface area is 177 Å². The first-order chi connectivity index (χ1) is 14.5. The summed E-state index contributed by atoms with van der Waals surface area (Å²) < 4.78 is 7.17. The van der Waals surface area contributed by atoms with Gasteiger partial charge in [0.2, 0.25) is 5.76 Å². The van der Waals surface area contributed by atoms with Crippen LogP contribution in [0.15, 0.2) is 41.1 Å². The number of likely N-dealkylation sites (tertiary alicyclic amines) is 1. The summed E-state index contributed by atoms with van der Waals surface area (Å²) in [7, 11) is 0. The molecule has 3 aromatic rings. The summed E-state index contributed by atoms with van der Waals surface area (Å²) in [6, 6.07) is 10.3. The molecular formula is C23H29N5O2. The molecule has 4 rings (SSSR count). The molecule has 1 aliphatic heterocycles. The predicted molar refractivity (Wildman–Crippen MR) is 116 cm³/mol. The second-order valence-electron chi connectivity index (χ2n) is 8.00. The summed E-state index contributed by atoms with van der Waals surface area (Å²) in [5, 5.41) is 11.3. The zero-order chi connectivity index (χ0) is 21.1. The van der Waals surface area contributed by atoms with Crippen molar-refractivity contribution < 1.29 is 9.32 Å². The highest BCUT2D eigenvalue weighted by Crippen LogP contribution is 2.24. The first-order valence-corrected chi connectivity index (χ1v) is 10.7. The van der Waals surface area contributed by atoms with E-state index in [9.17, 15) is 4.79 Å². The third-order valence-electron chi connectivity index (χ3n) is 5.95. The van der Waals surface area contributed by atoms with Crippen LogP contribution in [0.5, 0.6) is 0 Å². The van der Waals surface area contributed by atoms with Crippen molar-refractivity contribution in [1.82, 2.24) is 19.8 Å². The Bertz CT molecular complexity index is 1010. The van der Waals surface area contributed by atoms with Gasteiger partial charge in [-0.2, -0.15) is 5.10 Å². The first kappa shape index (κ1) is 20.3. The molecule has 0 radical (unpaired) electrons. The Hall–Kier alpha value is -2.93. The molecule has 0 bridgehead atoms. The van der Waals surface area contributed by atoms with Gasteiger partial charge in [0.05, 0.1) is 6.20 Å². The lowest BCUT2D eigenvalue weighted by Gasteiger charge is -2.33. The third-order valence-corrected chi connectivity index (χ3v) is 5.95. The average Bonchev–Trinajstić information content (AvgIpc) is 3.37. The fraction of sp³-hybridized carbons (Fsp3) is 0.435. The van der Waals surface area contributed by atoms with E-state index in [2.05, 4.69) is 39.5 Å². The number of anilines is 1. The van der Waals surface area contributed by atoms with E-state index in [1.807, 2.05) is 30.7 Å². The van der Waals surface area contributed by atoms with Crippen molar-refractivity contribution in [3.05, 3.63) is 53.5 Å². The van der Waals surface area contributed by atoms with Gasteiger partial charge in [0.1, 0.15) is 5.69 Å². The molecule has 30 heavy (non-hydrogen) atoms. The predicted octanol–water partition coefficient (Wildman–Crippen LogP) is 4.49. The van der Waals surface area contributed by atoms with Crippen molar-refractivity contribution in [2.24, 2.45) is 0 Å². The lowest BCUT2D eigenvalue weighted by atomic mass is 10.0. The van der Waals surface area contributed by atoms with Crippen molar-refractivity contribution in [2.45, 2.75) is 59.2 Å². The van der Waals surface area contributed by atoms with Gasteiger partial charge < -0.3 is 9.84 Å². The van der Waals surface area contributed by atoms with E-state index in [1.54, 1.807) is 12.3 Å². The number of aryl methyl sites for hydroxylation is 1. The minimum absolute atomic E-state index is 0.180. The Kier molecular flexibility index (Phi) is 5.99. The highest BCUT2D eigenvalue weighted by molar-refractivity contribution is 6.02. The van der Waals surface area contributed by atoms with Crippen molar-refractivity contribution in [3.63, 3.8) is 0 Å². The molecule has 1 aliphatic rings. The molecule has 3 heterocycles. The van der Waals surface area contributed by atoms with E-state index < -0.39 is 0 Å². The zero-order valence-electron chi connectivity index (χ0n) is 17.9. The number of hydrogen-bond acceptors (Lipinski definition) is 5. The van der Waals surface area contributed by atoms with Crippen LogP contribution in [0.1, 0.15) is 54.9 Å². The van der Waals surface area contributed by atoms with Crippen LogP contribution in [0.25, 0.3) is 11.3 Å². The van der Waals surface area contributed by atoms with Crippen LogP contribution in [0.3, 0.4) is 0 Å². The summed E-state index contributed by atoms with van der Waals surface area (Å²) in [5.74, 6) is -0.133. The minimum atomic E-state index is -0.313. The number of benzene rings is 1. The normalized spacial score (nSPS) is 17.2. The fourth-order valence-corrected chi connectivity index (χ4v) is 4.04. The first-order valence-electron chi connectivity index (χ1n) is 10.7. The molecule has 1 N–H and O–H groups in total. The molecule has 7 heteroatoms. The van der Waals surface area contributed by atoms with Gasteiger partial charge in [0.15, 0.2) is 0 Å². The number of piperidine rings is 1. The van der Waals surface area contributed by atoms with E-state index in [-0.39, 0.29) is 11.7 Å². The van der Waals surface area contributed by atoms with Crippen LogP contribution in [0, 0.1) is 6.92 Å². The smallest absolute Gasteiger partial charge is 0.294 e. The SMILES string of the molecule is CCn1ncc(-c2cc(C(=O)Nc3ccc(CN4CCCCC4C)cc3)on2)c1C. The number of carbonyl (C=O) groups excluding carboxylic acids is 1. The topological polar surface area (TPSA) is 76.2 Å². The van der Waals surface area contributed by atoms with Crippen LogP contribution < -0.4 is 5.32 Å². The van der Waals surface area contributed by atoms with Crippen molar-refractivity contribution in [2.75, 3.05) is 11.9 Å². The quantitative estimate of drug-likeness (QED) is 0.651. The van der Waals surface area contributed by atoms with E-state index in [0.717, 1.165) is 36.6 Å². The number of aromatic nitrogens is 3. The molecule has 158 valence electrons. The van der Waals surface area contributed by atoms with Gasteiger partial charge in [0.25, 0.3) is 5.91 Å². The Balaban J connectivity index is 1.39. The maximum atomic E-state index is 12.6. The lowest BCUT2D eigenvalue weighted by Crippen LogP contribution is -2.36. The van der Waals surface area contributed by atoms with Gasteiger partial charge in [-0.15, -0.1) is 0 Å². The average molecular weight is 408 g/mol. The molecule has 1 amide bonds. The Morgan fingerprint density at radius 1 is 1.27 bits per heavy atom. The summed E-state index contributed by atoms with van der Waals surface area (Å²) in [6.07, 6.45) is 5.62. The molecular weight excluding hydrogens is 378 g/mol.